The number of nitrogens with two attached hydrogens (primary N) is 2. The van der Waals surface area contributed by atoms with Gasteiger partial charge in [0.15, 0.2) is 0 Å². The molecule has 8 nitrogen and oxygen atoms in total. The van der Waals surface area contributed by atoms with E-state index in [9.17, 15) is 19.1 Å². The van der Waals surface area contributed by atoms with Gasteiger partial charge in [-0.05, 0) is 44.0 Å². The Morgan fingerprint density at radius 3 is 2.62 bits per heavy atom. The normalized spacial score (nSPS) is 20.4. The van der Waals surface area contributed by atoms with Crippen molar-refractivity contribution in [3.8, 4) is 0 Å². The summed E-state index contributed by atoms with van der Waals surface area (Å²) in [5.41, 5.74) is 12.5. The van der Waals surface area contributed by atoms with Gasteiger partial charge in [0.2, 0.25) is 5.91 Å². The van der Waals surface area contributed by atoms with Gasteiger partial charge in [-0.3, -0.25) is 14.5 Å². The standard InChI is InChI=1S/C20H31FN4O4/c1-12(19(28)29)6-17(26)15(23)9-24-10-18(27)25(11-20(24,2)3)16-5-4-14(21)7-13(16)8-22/h4-5,7,12,15,17,26H,6,8-11,22-23H2,1-3H3,(H,28,29). The van der Waals surface area contributed by atoms with Crippen LogP contribution in [0.2, 0.25) is 0 Å². The quantitative estimate of drug-likeness (QED) is 0.491. The molecule has 0 aliphatic carbocycles. The Bertz CT molecular complexity index is 758. The summed E-state index contributed by atoms with van der Waals surface area (Å²) < 4.78 is 13.5. The molecular weight excluding hydrogens is 379 g/mol. The van der Waals surface area contributed by atoms with Crippen molar-refractivity contribution in [2.24, 2.45) is 17.4 Å². The van der Waals surface area contributed by atoms with Crippen LogP contribution in [0.1, 0.15) is 32.8 Å². The Balaban J connectivity index is 2.12. The molecule has 1 aromatic rings. The zero-order chi connectivity index (χ0) is 21.9. The number of aliphatic carboxylic acids is 1. The van der Waals surface area contributed by atoms with Crippen LogP contribution in [-0.4, -0.2) is 64.3 Å². The Morgan fingerprint density at radius 1 is 1.38 bits per heavy atom. The summed E-state index contributed by atoms with van der Waals surface area (Å²) in [6, 6.07) is 3.50. The van der Waals surface area contributed by atoms with Crippen LogP contribution in [0.25, 0.3) is 0 Å². The number of aliphatic hydroxyl groups excluding tert-OH is 1. The second kappa shape index (κ2) is 9.17. The van der Waals surface area contributed by atoms with E-state index in [-0.39, 0.29) is 32.0 Å². The van der Waals surface area contributed by atoms with Crippen molar-refractivity contribution >= 4 is 17.6 Å². The number of anilines is 1. The predicted molar refractivity (Wildman–Crippen MR) is 108 cm³/mol. The van der Waals surface area contributed by atoms with Crippen molar-refractivity contribution in [1.82, 2.24) is 4.90 Å². The number of carbonyl (C=O) groups is 2. The molecule has 1 aromatic carbocycles. The summed E-state index contributed by atoms with van der Waals surface area (Å²) in [6.45, 7) is 6.20. The van der Waals surface area contributed by atoms with Gasteiger partial charge in [0.1, 0.15) is 5.82 Å². The number of aliphatic hydroxyl groups is 1. The van der Waals surface area contributed by atoms with E-state index in [1.165, 1.54) is 19.1 Å². The molecule has 2 rings (SSSR count). The number of carboxylic acid groups (broad SMARTS) is 1. The molecule has 3 unspecified atom stereocenters. The van der Waals surface area contributed by atoms with Crippen LogP contribution in [0.15, 0.2) is 18.2 Å². The fraction of sp³-hybridized carbons (Fsp3) is 0.600. The lowest BCUT2D eigenvalue weighted by molar-refractivity contribution is -0.142. The largest absolute Gasteiger partial charge is 0.481 e. The van der Waals surface area contributed by atoms with Gasteiger partial charge in [-0.2, -0.15) is 0 Å². The Kier molecular flexibility index (Phi) is 7.34. The van der Waals surface area contributed by atoms with E-state index in [1.54, 1.807) is 11.0 Å². The number of rotatable bonds is 8. The predicted octanol–water partition coefficient (Wildman–Crippen LogP) is 0.511. The van der Waals surface area contributed by atoms with Crippen molar-refractivity contribution in [3.63, 3.8) is 0 Å². The van der Waals surface area contributed by atoms with Crippen LogP contribution in [-0.2, 0) is 16.1 Å². The average Bonchev–Trinajstić information content (AvgIpc) is 2.64. The fourth-order valence-electron chi connectivity index (χ4n) is 3.56. The first-order valence-electron chi connectivity index (χ1n) is 9.66. The molecule has 0 aromatic heterocycles. The van der Waals surface area contributed by atoms with E-state index >= 15 is 0 Å². The molecule has 0 radical (unpaired) electrons. The first-order valence-corrected chi connectivity index (χ1v) is 9.66. The van der Waals surface area contributed by atoms with E-state index in [0.717, 1.165) is 0 Å². The third-order valence-electron chi connectivity index (χ3n) is 5.52. The van der Waals surface area contributed by atoms with Crippen molar-refractivity contribution < 1.29 is 24.2 Å². The topological polar surface area (TPSA) is 133 Å². The third kappa shape index (κ3) is 5.51. The van der Waals surface area contributed by atoms with E-state index in [0.29, 0.717) is 17.8 Å². The molecule has 1 amide bonds. The highest BCUT2D eigenvalue weighted by atomic mass is 19.1. The second-order valence-corrected chi connectivity index (χ2v) is 8.36. The summed E-state index contributed by atoms with van der Waals surface area (Å²) in [5, 5.41) is 19.3. The first kappa shape index (κ1) is 23.2. The molecule has 9 heteroatoms. The minimum absolute atomic E-state index is 0.0419. The van der Waals surface area contributed by atoms with Crippen LogP contribution < -0.4 is 16.4 Å². The summed E-state index contributed by atoms with van der Waals surface area (Å²) in [7, 11) is 0. The maximum Gasteiger partial charge on any atom is 0.306 e. The summed E-state index contributed by atoms with van der Waals surface area (Å²) in [6.07, 6.45) is -0.953. The minimum atomic E-state index is -0.994. The van der Waals surface area contributed by atoms with Crippen molar-refractivity contribution in [3.05, 3.63) is 29.6 Å². The molecule has 3 atom stereocenters. The average molecular weight is 410 g/mol. The first-order chi connectivity index (χ1) is 13.5. The number of nitrogens with zero attached hydrogens (tertiary/aromatic N) is 2. The maximum atomic E-state index is 13.5. The molecule has 1 heterocycles. The number of benzene rings is 1. The monoisotopic (exact) mass is 410 g/mol. The van der Waals surface area contributed by atoms with Gasteiger partial charge in [-0.1, -0.05) is 6.92 Å². The lowest BCUT2D eigenvalue weighted by atomic mass is 9.94. The van der Waals surface area contributed by atoms with Crippen LogP contribution in [0, 0.1) is 11.7 Å². The molecule has 1 saturated heterocycles. The Labute approximate surface area is 170 Å². The molecule has 1 aliphatic heterocycles. The molecule has 6 N–H and O–H groups in total. The number of carboxylic acids is 1. The second-order valence-electron chi connectivity index (χ2n) is 8.36. The minimum Gasteiger partial charge on any atom is -0.481 e. The van der Waals surface area contributed by atoms with Crippen molar-refractivity contribution in [2.45, 2.75) is 51.4 Å². The molecule has 0 spiro atoms. The van der Waals surface area contributed by atoms with Gasteiger partial charge in [-0.25, -0.2) is 4.39 Å². The van der Waals surface area contributed by atoms with Gasteiger partial charge in [0.25, 0.3) is 0 Å². The number of piperazine rings is 1. The number of halogens is 1. The summed E-state index contributed by atoms with van der Waals surface area (Å²) in [5.74, 6) is -2.28. The highest BCUT2D eigenvalue weighted by Gasteiger charge is 2.40. The van der Waals surface area contributed by atoms with E-state index in [2.05, 4.69) is 0 Å². The van der Waals surface area contributed by atoms with Crippen molar-refractivity contribution in [1.29, 1.82) is 0 Å². The molecule has 0 bridgehead atoms. The van der Waals surface area contributed by atoms with Crippen molar-refractivity contribution in [2.75, 3.05) is 24.5 Å². The van der Waals surface area contributed by atoms with E-state index in [4.69, 9.17) is 16.6 Å². The van der Waals surface area contributed by atoms with Crippen LogP contribution in [0.5, 0.6) is 0 Å². The molecule has 1 fully saturated rings. The van der Waals surface area contributed by atoms with E-state index < -0.39 is 35.4 Å². The lowest BCUT2D eigenvalue weighted by Crippen LogP contribution is -2.64. The number of hydrogen-bond acceptors (Lipinski definition) is 6. The highest BCUT2D eigenvalue weighted by Crippen LogP contribution is 2.29. The molecule has 1 aliphatic rings. The smallest absolute Gasteiger partial charge is 0.306 e. The fourth-order valence-corrected chi connectivity index (χ4v) is 3.56. The zero-order valence-corrected chi connectivity index (χ0v) is 17.1. The number of hydrogen-bond donors (Lipinski definition) is 4. The highest BCUT2D eigenvalue weighted by molar-refractivity contribution is 5.96. The van der Waals surface area contributed by atoms with Gasteiger partial charge >= 0.3 is 5.97 Å². The van der Waals surface area contributed by atoms with Gasteiger partial charge in [0.05, 0.1) is 18.6 Å². The molecule has 29 heavy (non-hydrogen) atoms. The maximum absolute atomic E-state index is 13.5. The van der Waals surface area contributed by atoms with Crippen LogP contribution in [0.4, 0.5) is 10.1 Å². The summed E-state index contributed by atoms with van der Waals surface area (Å²) in [4.78, 5) is 27.3. The SMILES string of the molecule is CC(CC(O)C(N)CN1CC(=O)N(c2ccc(F)cc2CN)CC1(C)C)C(=O)O. The zero-order valence-electron chi connectivity index (χ0n) is 17.1. The van der Waals surface area contributed by atoms with Crippen LogP contribution in [0.3, 0.4) is 0 Å². The summed E-state index contributed by atoms with van der Waals surface area (Å²) >= 11 is 0. The molecule has 0 saturated carbocycles. The van der Waals surface area contributed by atoms with Crippen LogP contribution >= 0.6 is 0 Å². The van der Waals surface area contributed by atoms with E-state index in [1.807, 2.05) is 18.7 Å². The number of amides is 1. The third-order valence-corrected chi connectivity index (χ3v) is 5.52. The Hall–Kier alpha value is -2.07. The Morgan fingerprint density at radius 2 is 2.03 bits per heavy atom. The molecular formula is C20H31FN4O4. The lowest BCUT2D eigenvalue weighted by Gasteiger charge is -2.48. The molecule has 162 valence electrons. The van der Waals surface area contributed by atoms with Gasteiger partial charge in [-0.15, -0.1) is 0 Å². The number of carbonyl (C=O) groups excluding carboxylic acids is 1. The van der Waals surface area contributed by atoms with Gasteiger partial charge < -0.3 is 26.6 Å². The van der Waals surface area contributed by atoms with Gasteiger partial charge in [0, 0.05) is 36.9 Å².